The van der Waals surface area contributed by atoms with Crippen LogP contribution < -0.4 is 4.90 Å². The average Bonchev–Trinajstić information content (AvgIpc) is 2.87. The first-order valence-electron chi connectivity index (χ1n) is 11.2. The monoisotopic (exact) mass is 513 g/mol. The Balaban J connectivity index is 1.36. The van der Waals surface area contributed by atoms with E-state index in [0.29, 0.717) is 41.5 Å². The second-order valence-electron chi connectivity index (χ2n) is 8.49. The summed E-state index contributed by atoms with van der Waals surface area (Å²) < 4.78 is 67.0. The van der Waals surface area contributed by atoms with E-state index in [0.717, 1.165) is 17.5 Å². The van der Waals surface area contributed by atoms with E-state index in [9.17, 15) is 21.6 Å². The van der Waals surface area contributed by atoms with Crippen molar-refractivity contribution in [1.29, 1.82) is 0 Å². The third-order valence-corrected chi connectivity index (χ3v) is 8.02. The zero-order valence-corrected chi connectivity index (χ0v) is 20.1. The van der Waals surface area contributed by atoms with Gasteiger partial charge in [0.25, 0.3) is 0 Å². The topological polar surface area (TPSA) is 79.3 Å². The Hall–Kier alpha value is -3.57. The molecule has 36 heavy (non-hydrogen) atoms. The summed E-state index contributed by atoms with van der Waals surface area (Å²) in [5.41, 5.74) is 0.831. The smallest absolute Gasteiger partial charge is 0.354 e. The third-order valence-electron chi connectivity index (χ3n) is 6.09. The van der Waals surface area contributed by atoms with Gasteiger partial charge in [0.15, 0.2) is 5.82 Å². The van der Waals surface area contributed by atoms with Gasteiger partial charge in [-0.15, -0.1) is 0 Å². The highest BCUT2D eigenvalue weighted by Crippen LogP contribution is 2.31. The molecule has 1 saturated heterocycles. The molecular weight excluding hydrogens is 491 g/mol. The predicted octanol–water partition coefficient (Wildman–Crippen LogP) is 4.53. The second-order valence-corrected chi connectivity index (χ2v) is 10.4. The largest absolute Gasteiger partial charge is 0.416 e. The first kappa shape index (κ1) is 24.1. The lowest BCUT2D eigenvalue weighted by Crippen LogP contribution is -2.49. The molecule has 0 amide bonds. The van der Waals surface area contributed by atoms with Crippen LogP contribution in [0.2, 0.25) is 0 Å². The van der Waals surface area contributed by atoms with Crippen molar-refractivity contribution in [3.8, 4) is 11.4 Å². The molecular formula is C25H22F3N5O2S. The number of fused-ring (bicyclic) bond motifs is 1. The highest BCUT2D eigenvalue weighted by molar-refractivity contribution is 7.89. The van der Waals surface area contributed by atoms with Crippen molar-refractivity contribution in [3.63, 3.8) is 0 Å². The van der Waals surface area contributed by atoms with Gasteiger partial charge in [-0.25, -0.2) is 18.4 Å². The SMILES string of the molecule is Cc1cc(N2CCN(S(=O)(=O)c3cccc4cccnc34)CC2)nc(-c2ccc(C(F)(F)F)cc2)n1. The minimum atomic E-state index is -4.42. The fourth-order valence-electron chi connectivity index (χ4n) is 4.23. The van der Waals surface area contributed by atoms with Crippen molar-refractivity contribution in [1.82, 2.24) is 19.3 Å². The Kier molecular flexibility index (Phi) is 6.13. The molecule has 3 heterocycles. The van der Waals surface area contributed by atoms with Gasteiger partial charge < -0.3 is 4.90 Å². The van der Waals surface area contributed by atoms with Crippen molar-refractivity contribution in [2.45, 2.75) is 18.0 Å². The van der Waals surface area contributed by atoms with Gasteiger partial charge in [0.1, 0.15) is 10.7 Å². The predicted molar refractivity (Wildman–Crippen MR) is 130 cm³/mol. The van der Waals surface area contributed by atoms with Crippen molar-refractivity contribution in [2.24, 2.45) is 0 Å². The summed E-state index contributed by atoms with van der Waals surface area (Å²) in [4.78, 5) is 15.4. The first-order chi connectivity index (χ1) is 17.1. The molecule has 0 unspecified atom stereocenters. The van der Waals surface area contributed by atoms with E-state index in [-0.39, 0.29) is 18.0 Å². The number of benzene rings is 2. The number of anilines is 1. The maximum absolute atomic E-state index is 13.4. The van der Waals surface area contributed by atoms with E-state index in [4.69, 9.17) is 0 Å². The lowest BCUT2D eigenvalue weighted by atomic mass is 10.1. The Bertz CT molecular complexity index is 1510. The number of aryl methyl sites for hydroxylation is 1. The zero-order valence-electron chi connectivity index (χ0n) is 19.3. The molecule has 7 nitrogen and oxygen atoms in total. The summed E-state index contributed by atoms with van der Waals surface area (Å²) in [7, 11) is -3.75. The number of hydrogen-bond acceptors (Lipinski definition) is 6. The molecule has 0 atom stereocenters. The van der Waals surface area contributed by atoms with Crippen LogP contribution in [-0.2, 0) is 16.2 Å². The van der Waals surface area contributed by atoms with Gasteiger partial charge in [0.05, 0.1) is 11.1 Å². The number of piperazine rings is 1. The van der Waals surface area contributed by atoms with E-state index in [1.807, 2.05) is 17.0 Å². The second kappa shape index (κ2) is 9.14. The standard InChI is InChI=1S/C25H22F3N5O2S/c1-17-16-22(31-24(30-17)19-7-9-20(10-8-19)25(26,27)28)32-12-14-33(15-13-32)36(34,35)21-6-2-4-18-5-3-11-29-23(18)21/h2-11,16H,12-15H2,1H3. The fourth-order valence-corrected chi connectivity index (χ4v) is 5.82. The van der Waals surface area contributed by atoms with Crippen LogP contribution in [0, 0.1) is 6.92 Å². The van der Waals surface area contributed by atoms with Gasteiger partial charge in [-0.2, -0.15) is 17.5 Å². The summed E-state index contributed by atoms with van der Waals surface area (Å²) in [5, 5.41) is 0.754. The maximum Gasteiger partial charge on any atom is 0.416 e. The van der Waals surface area contributed by atoms with E-state index >= 15 is 0 Å². The number of pyridine rings is 1. The quantitative estimate of drug-likeness (QED) is 0.399. The van der Waals surface area contributed by atoms with Gasteiger partial charge in [0.2, 0.25) is 10.0 Å². The molecule has 0 radical (unpaired) electrons. The van der Waals surface area contributed by atoms with Gasteiger partial charge in [-0.05, 0) is 31.2 Å². The highest BCUT2D eigenvalue weighted by Gasteiger charge is 2.31. The van der Waals surface area contributed by atoms with Crippen LogP contribution in [0.1, 0.15) is 11.3 Å². The number of alkyl halides is 3. The average molecular weight is 514 g/mol. The van der Waals surface area contributed by atoms with Crippen LogP contribution in [0.25, 0.3) is 22.3 Å². The number of rotatable bonds is 4. The Morgan fingerprint density at radius 3 is 2.28 bits per heavy atom. The summed E-state index contributed by atoms with van der Waals surface area (Å²) >= 11 is 0. The number of halogens is 3. The molecule has 5 rings (SSSR count). The number of para-hydroxylation sites is 1. The Labute approximate surface area is 206 Å². The molecule has 0 N–H and O–H groups in total. The van der Waals surface area contributed by atoms with Crippen molar-refractivity contribution in [3.05, 3.63) is 78.1 Å². The lowest BCUT2D eigenvalue weighted by Gasteiger charge is -2.35. The van der Waals surface area contributed by atoms with Crippen LogP contribution >= 0.6 is 0 Å². The molecule has 4 aromatic rings. The van der Waals surface area contributed by atoms with Crippen molar-refractivity contribution in [2.75, 3.05) is 31.1 Å². The van der Waals surface area contributed by atoms with Crippen LogP contribution in [-0.4, -0.2) is 53.9 Å². The molecule has 186 valence electrons. The normalized spacial score (nSPS) is 15.4. The maximum atomic E-state index is 13.4. The number of sulfonamides is 1. The van der Waals surface area contributed by atoms with E-state index in [1.54, 1.807) is 37.4 Å². The zero-order chi connectivity index (χ0) is 25.5. The van der Waals surface area contributed by atoms with Gasteiger partial charge in [0, 0.05) is 55.1 Å². The van der Waals surface area contributed by atoms with E-state index < -0.39 is 21.8 Å². The Morgan fingerprint density at radius 1 is 0.889 bits per heavy atom. The van der Waals surface area contributed by atoms with Gasteiger partial charge in [-0.3, -0.25) is 4.98 Å². The highest BCUT2D eigenvalue weighted by atomic mass is 32.2. The van der Waals surface area contributed by atoms with E-state index in [1.165, 1.54) is 16.4 Å². The number of hydrogen-bond donors (Lipinski definition) is 0. The molecule has 2 aromatic carbocycles. The van der Waals surface area contributed by atoms with Crippen LogP contribution in [0.3, 0.4) is 0 Å². The lowest BCUT2D eigenvalue weighted by molar-refractivity contribution is -0.137. The molecule has 0 aliphatic carbocycles. The molecule has 1 fully saturated rings. The van der Waals surface area contributed by atoms with Crippen LogP contribution in [0.5, 0.6) is 0 Å². The minimum Gasteiger partial charge on any atom is -0.354 e. The van der Waals surface area contributed by atoms with Crippen LogP contribution in [0.15, 0.2) is 71.8 Å². The summed E-state index contributed by atoms with van der Waals surface area (Å²) in [6.07, 6.45) is -2.84. The summed E-state index contributed by atoms with van der Waals surface area (Å²) in [6.45, 7) is 3.10. The Morgan fingerprint density at radius 2 is 1.58 bits per heavy atom. The number of aromatic nitrogens is 3. The summed E-state index contributed by atoms with van der Waals surface area (Å²) in [6, 6.07) is 15.2. The molecule has 0 spiro atoms. The van der Waals surface area contributed by atoms with Crippen molar-refractivity contribution >= 4 is 26.7 Å². The third kappa shape index (κ3) is 4.63. The molecule has 11 heteroatoms. The van der Waals surface area contributed by atoms with Crippen LogP contribution in [0.4, 0.5) is 19.0 Å². The molecule has 0 bridgehead atoms. The van der Waals surface area contributed by atoms with E-state index in [2.05, 4.69) is 15.0 Å². The van der Waals surface area contributed by atoms with Crippen molar-refractivity contribution < 1.29 is 21.6 Å². The molecule has 1 aliphatic heterocycles. The van der Waals surface area contributed by atoms with Gasteiger partial charge >= 0.3 is 6.18 Å². The molecule has 2 aromatic heterocycles. The summed E-state index contributed by atoms with van der Waals surface area (Å²) in [5.74, 6) is 0.914. The fraction of sp³-hybridized carbons (Fsp3) is 0.240. The minimum absolute atomic E-state index is 0.177. The van der Waals surface area contributed by atoms with Gasteiger partial charge in [-0.1, -0.05) is 30.3 Å². The molecule has 1 aliphatic rings. The first-order valence-corrected chi connectivity index (χ1v) is 12.7. The molecule has 0 saturated carbocycles. The number of nitrogens with zero attached hydrogens (tertiary/aromatic N) is 5.